The van der Waals surface area contributed by atoms with Crippen LogP contribution in [-0.4, -0.2) is 18.1 Å². The lowest BCUT2D eigenvalue weighted by molar-refractivity contribution is 0.616. The van der Waals surface area contributed by atoms with Gasteiger partial charge in [0.25, 0.3) is 0 Å². The first-order valence-corrected chi connectivity index (χ1v) is 7.79. The number of hydrogen-bond donors (Lipinski definition) is 1. The second kappa shape index (κ2) is 5.72. The van der Waals surface area contributed by atoms with E-state index in [1.807, 2.05) is 18.3 Å². The Labute approximate surface area is 129 Å². The summed E-state index contributed by atoms with van der Waals surface area (Å²) in [6, 6.07) is 12.4. The minimum atomic E-state index is 0.761. The zero-order valence-corrected chi connectivity index (χ0v) is 12.5. The molecule has 0 aliphatic carbocycles. The number of pyridine rings is 1. The Bertz CT molecular complexity index is 757. The standard InChI is InChI=1S/C18H19N3O/c1-2-9-21(8-1)16-4-6-18(20-13-16)19-12-14-3-5-17-15(11-14)7-10-22-17/h3-7,10-11,13H,1-2,8-9,12H2,(H,19,20). The SMILES string of the molecule is c1cc2cc(CNc3ccc(N4CCCC4)cn3)ccc2o1. The molecule has 1 N–H and O–H groups in total. The Balaban J connectivity index is 1.42. The van der Waals surface area contributed by atoms with Gasteiger partial charge in [0, 0.05) is 25.0 Å². The first kappa shape index (κ1) is 13.2. The first-order chi connectivity index (χ1) is 10.9. The van der Waals surface area contributed by atoms with Gasteiger partial charge in [-0.2, -0.15) is 0 Å². The van der Waals surface area contributed by atoms with Crippen LogP contribution in [0.1, 0.15) is 18.4 Å². The maximum absolute atomic E-state index is 5.36. The molecule has 0 bridgehead atoms. The molecule has 1 fully saturated rings. The van der Waals surface area contributed by atoms with Crippen LogP contribution in [0, 0.1) is 0 Å². The van der Waals surface area contributed by atoms with Crippen molar-refractivity contribution in [2.45, 2.75) is 19.4 Å². The molecule has 0 unspecified atom stereocenters. The summed E-state index contributed by atoms with van der Waals surface area (Å²) < 4.78 is 5.36. The summed E-state index contributed by atoms with van der Waals surface area (Å²) in [7, 11) is 0. The van der Waals surface area contributed by atoms with Crippen LogP contribution >= 0.6 is 0 Å². The summed E-state index contributed by atoms with van der Waals surface area (Å²) in [5.74, 6) is 0.912. The van der Waals surface area contributed by atoms with Crippen LogP contribution in [0.5, 0.6) is 0 Å². The van der Waals surface area contributed by atoms with E-state index in [4.69, 9.17) is 4.42 Å². The molecule has 0 spiro atoms. The Morgan fingerprint density at radius 2 is 2.00 bits per heavy atom. The van der Waals surface area contributed by atoms with Gasteiger partial charge in [0.15, 0.2) is 0 Å². The number of hydrogen-bond acceptors (Lipinski definition) is 4. The van der Waals surface area contributed by atoms with Crippen molar-refractivity contribution in [3.63, 3.8) is 0 Å². The zero-order valence-electron chi connectivity index (χ0n) is 12.5. The number of fused-ring (bicyclic) bond motifs is 1. The topological polar surface area (TPSA) is 41.3 Å². The van der Waals surface area contributed by atoms with Gasteiger partial charge in [-0.3, -0.25) is 0 Å². The van der Waals surface area contributed by atoms with E-state index in [1.165, 1.54) is 24.1 Å². The number of furan rings is 1. The van der Waals surface area contributed by atoms with Crippen molar-refractivity contribution in [1.82, 2.24) is 4.98 Å². The molecule has 1 saturated heterocycles. The van der Waals surface area contributed by atoms with Crippen molar-refractivity contribution in [3.8, 4) is 0 Å². The van der Waals surface area contributed by atoms with Gasteiger partial charge in [0.05, 0.1) is 18.1 Å². The maximum Gasteiger partial charge on any atom is 0.133 e. The van der Waals surface area contributed by atoms with Gasteiger partial charge < -0.3 is 14.6 Å². The van der Waals surface area contributed by atoms with Gasteiger partial charge in [-0.05, 0) is 48.7 Å². The molecule has 1 aliphatic heterocycles. The summed E-state index contributed by atoms with van der Waals surface area (Å²) in [6.45, 7) is 3.07. The summed E-state index contributed by atoms with van der Waals surface area (Å²) in [5.41, 5.74) is 3.37. The zero-order chi connectivity index (χ0) is 14.8. The van der Waals surface area contributed by atoms with Crippen molar-refractivity contribution in [3.05, 3.63) is 54.4 Å². The molecule has 2 aromatic heterocycles. The fourth-order valence-electron chi connectivity index (χ4n) is 2.97. The normalized spacial score (nSPS) is 14.6. The van der Waals surface area contributed by atoms with Crippen LogP contribution in [0.15, 0.2) is 53.3 Å². The molecule has 0 atom stereocenters. The molecule has 1 aromatic carbocycles. The lowest BCUT2D eigenvalue weighted by Gasteiger charge is -2.17. The van der Waals surface area contributed by atoms with E-state index in [0.29, 0.717) is 0 Å². The van der Waals surface area contributed by atoms with Gasteiger partial charge in [0.1, 0.15) is 11.4 Å². The number of rotatable bonds is 4. The summed E-state index contributed by atoms with van der Waals surface area (Å²) >= 11 is 0. The van der Waals surface area contributed by atoms with Crippen LogP contribution in [0.4, 0.5) is 11.5 Å². The average molecular weight is 293 g/mol. The number of aromatic nitrogens is 1. The Morgan fingerprint density at radius 1 is 1.09 bits per heavy atom. The molecule has 4 rings (SSSR count). The molecular weight excluding hydrogens is 274 g/mol. The largest absolute Gasteiger partial charge is 0.464 e. The fraction of sp³-hybridized carbons (Fsp3) is 0.278. The number of anilines is 2. The van der Waals surface area contributed by atoms with E-state index in [2.05, 4.69) is 39.5 Å². The molecular formula is C18H19N3O. The van der Waals surface area contributed by atoms with Crippen LogP contribution in [-0.2, 0) is 6.54 Å². The highest BCUT2D eigenvalue weighted by molar-refractivity contribution is 5.77. The minimum Gasteiger partial charge on any atom is -0.464 e. The summed E-state index contributed by atoms with van der Waals surface area (Å²) in [6.07, 6.45) is 6.26. The second-order valence-electron chi connectivity index (χ2n) is 5.74. The third-order valence-electron chi connectivity index (χ3n) is 4.21. The molecule has 112 valence electrons. The van der Waals surface area contributed by atoms with E-state index >= 15 is 0 Å². The van der Waals surface area contributed by atoms with E-state index in [9.17, 15) is 0 Å². The molecule has 0 amide bonds. The van der Waals surface area contributed by atoms with Crippen LogP contribution in [0.2, 0.25) is 0 Å². The molecule has 0 saturated carbocycles. The predicted molar refractivity (Wildman–Crippen MR) is 89.2 cm³/mol. The van der Waals surface area contributed by atoms with Crippen LogP contribution < -0.4 is 10.2 Å². The van der Waals surface area contributed by atoms with Gasteiger partial charge in [0.2, 0.25) is 0 Å². The van der Waals surface area contributed by atoms with E-state index in [-0.39, 0.29) is 0 Å². The van der Waals surface area contributed by atoms with Gasteiger partial charge in [-0.15, -0.1) is 0 Å². The van der Waals surface area contributed by atoms with Crippen molar-refractivity contribution in [2.75, 3.05) is 23.3 Å². The predicted octanol–water partition coefficient (Wildman–Crippen LogP) is 4.04. The Hall–Kier alpha value is -2.49. The molecule has 4 nitrogen and oxygen atoms in total. The quantitative estimate of drug-likeness (QED) is 0.788. The van der Waals surface area contributed by atoms with E-state index in [1.54, 1.807) is 6.26 Å². The van der Waals surface area contributed by atoms with Gasteiger partial charge in [-0.1, -0.05) is 6.07 Å². The molecule has 3 heterocycles. The highest BCUT2D eigenvalue weighted by Gasteiger charge is 2.12. The molecule has 3 aromatic rings. The Kier molecular flexibility index (Phi) is 3.43. The minimum absolute atomic E-state index is 0.761. The molecule has 0 radical (unpaired) electrons. The lowest BCUT2D eigenvalue weighted by atomic mass is 10.1. The fourth-order valence-corrected chi connectivity index (χ4v) is 2.97. The van der Waals surface area contributed by atoms with E-state index in [0.717, 1.165) is 36.4 Å². The Morgan fingerprint density at radius 3 is 2.82 bits per heavy atom. The monoisotopic (exact) mass is 293 g/mol. The van der Waals surface area contributed by atoms with Crippen molar-refractivity contribution in [1.29, 1.82) is 0 Å². The number of benzene rings is 1. The highest BCUT2D eigenvalue weighted by atomic mass is 16.3. The number of nitrogens with one attached hydrogen (secondary N) is 1. The summed E-state index contributed by atoms with van der Waals surface area (Å²) in [4.78, 5) is 6.91. The first-order valence-electron chi connectivity index (χ1n) is 7.79. The number of nitrogens with zero attached hydrogens (tertiary/aromatic N) is 2. The third-order valence-corrected chi connectivity index (χ3v) is 4.21. The third kappa shape index (κ3) is 2.64. The average Bonchev–Trinajstić information content (AvgIpc) is 3.24. The highest BCUT2D eigenvalue weighted by Crippen LogP contribution is 2.21. The maximum atomic E-state index is 5.36. The van der Waals surface area contributed by atoms with Crippen LogP contribution in [0.3, 0.4) is 0 Å². The molecule has 4 heteroatoms. The van der Waals surface area contributed by atoms with Crippen molar-refractivity contribution < 1.29 is 4.42 Å². The van der Waals surface area contributed by atoms with E-state index < -0.39 is 0 Å². The van der Waals surface area contributed by atoms with Gasteiger partial charge in [-0.25, -0.2) is 4.98 Å². The second-order valence-corrected chi connectivity index (χ2v) is 5.74. The van der Waals surface area contributed by atoms with Crippen molar-refractivity contribution in [2.24, 2.45) is 0 Å². The summed E-state index contributed by atoms with van der Waals surface area (Å²) in [5, 5.41) is 4.51. The molecule has 1 aliphatic rings. The van der Waals surface area contributed by atoms with Crippen molar-refractivity contribution >= 4 is 22.5 Å². The van der Waals surface area contributed by atoms with Crippen LogP contribution in [0.25, 0.3) is 11.0 Å². The smallest absolute Gasteiger partial charge is 0.133 e. The lowest BCUT2D eigenvalue weighted by Crippen LogP contribution is -2.17. The molecule has 22 heavy (non-hydrogen) atoms. The van der Waals surface area contributed by atoms with Gasteiger partial charge >= 0.3 is 0 Å².